The van der Waals surface area contributed by atoms with E-state index in [1.54, 1.807) is 37.2 Å². The molecule has 10 N–H and O–H groups in total. The van der Waals surface area contributed by atoms with Crippen molar-refractivity contribution in [2.45, 2.75) is 0 Å². The number of hydrazone groups is 2. The molecule has 0 aliphatic heterocycles. The Balaban J connectivity index is 0. The van der Waals surface area contributed by atoms with Gasteiger partial charge in [-0.15, -0.1) is 0 Å². The standard InChI is InChI=1S/2C21H16N6.4NO3.3H2O.Ru/c2*1-3-9-23-18(5-1)20-13-17(27-25-15-16-7-11-22-12-8-16)14-21(26-20)19-6-2-4-10-24-19;4*2-1(3)4;;;;/h2*1-15H,(H,26,27);;;;;3*1H2;/q;;4*-1;;;;+2/p+2/b2*25-15+;;;;;;;;. The number of hydrogen-bond donors (Lipinski definition) is 2. The zero-order valence-electron chi connectivity index (χ0n) is 37.4. The molecule has 0 aliphatic carbocycles. The molecule has 8 rings (SSSR count). The molecule has 0 unspecified atom stereocenters. The van der Waals surface area contributed by atoms with Gasteiger partial charge in [-0.1, -0.05) is 24.3 Å². The molecule has 0 aromatic carbocycles. The molecule has 0 amide bonds. The summed E-state index contributed by atoms with van der Waals surface area (Å²) in [5.41, 5.74) is 15.9. The van der Waals surface area contributed by atoms with Crippen molar-refractivity contribution in [1.82, 2.24) is 29.9 Å². The summed E-state index contributed by atoms with van der Waals surface area (Å²) in [6, 6.07) is 38.4. The summed E-state index contributed by atoms with van der Waals surface area (Å²) < 4.78 is 0. The molecule has 0 bridgehead atoms. The molecule has 0 saturated carbocycles. The normalized spacial score (nSPS) is 9.19. The van der Waals surface area contributed by atoms with E-state index in [0.717, 1.165) is 68.1 Å². The number of anilines is 2. The van der Waals surface area contributed by atoms with Crippen LogP contribution in [-0.2, 0) is 19.5 Å². The van der Waals surface area contributed by atoms with E-state index in [2.05, 4.69) is 51.0 Å². The number of hydrogen-bond acceptors (Lipinski definition) is 22. The Bertz CT molecular complexity index is 2550. The van der Waals surface area contributed by atoms with Gasteiger partial charge in [0.05, 0.1) is 89.7 Å². The van der Waals surface area contributed by atoms with Gasteiger partial charge in [-0.3, -0.25) is 30.8 Å². The van der Waals surface area contributed by atoms with Gasteiger partial charge in [0.2, 0.25) is 0 Å². The molecule has 0 radical (unpaired) electrons. The Hall–Kier alpha value is -10.6. The Morgan fingerprint density at radius 3 is 0.824 bits per heavy atom. The summed E-state index contributed by atoms with van der Waals surface area (Å²) >= 11 is 0. The van der Waals surface area contributed by atoms with Gasteiger partial charge in [-0.05, 0) is 72.8 Å². The van der Waals surface area contributed by atoms with Crippen LogP contribution in [0.2, 0.25) is 0 Å². The van der Waals surface area contributed by atoms with E-state index in [-0.39, 0.29) is 35.9 Å². The fraction of sp³-hybridized carbons (Fsp3) is 0. The number of aromatic amines is 2. The first-order valence-corrected chi connectivity index (χ1v) is 19.2. The van der Waals surface area contributed by atoms with Gasteiger partial charge in [0.15, 0.2) is 24.8 Å². The van der Waals surface area contributed by atoms with Crippen molar-refractivity contribution in [1.29, 1.82) is 0 Å². The van der Waals surface area contributed by atoms with Gasteiger partial charge in [-0.25, -0.2) is 19.9 Å². The average Bonchev–Trinajstić information content (AvgIpc) is 3.35. The monoisotopic (exact) mass is 1110 g/mol. The third-order valence-corrected chi connectivity index (χ3v) is 7.66. The van der Waals surface area contributed by atoms with Crippen molar-refractivity contribution in [2.75, 3.05) is 10.9 Å². The minimum Gasteiger partial charge on any atom is -0.412 e. The molecule has 0 fully saturated rings. The van der Waals surface area contributed by atoms with Gasteiger partial charge in [-0.2, -0.15) is 10.2 Å². The Labute approximate surface area is 428 Å². The summed E-state index contributed by atoms with van der Waals surface area (Å²) in [7, 11) is 0. The zero-order chi connectivity index (χ0) is 50.9. The predicted molar refractivity (Wildman–Crippen MR) is 262 cm³/mol. The number of aromatic nitrogens is 8. The van der Waals surface area contributed by atoms with Crippen molar-refractivity contribution in [2.24, 2.45) is 10.2 Å². The summed E-state index contributed by atoms with van der Waals surface area (Å²) in [5, 5.41) is 67.6. The first-order valence-electron chi connectivity index (χ1n) is 19.2. The molecule has 0 aliphatic rings. The fourth-order valence-corrected chi connectivity index (χ4v) is 5.11. The Kier molecular flexibility index (Phi) is 33.1. The maximum atomic E-state index is 8.25. The van der Waals surface area contributed by atoms with Crippen molar-refractivity contribution in [3.05, 3.63) is 243 Å². The molecule has 32 heteroatoms. The van der Waals surface area contributed by atoms with Gasteiger partial charge in [0, 0.05) is 60.2 Å². The minimum atomic E-state index is -1.75. The molecule has 8 heterocycles. The fourth-order valence-electron chi connectivity index (χ4n) is 5.11. The van der Waals surface area contributed by atoms with Gasteiger partial charge in [0.1, 0.15) is 0 Å². The largest absolute Gasteiger partial charge is 2.00 e. The zero-order valence-corrected chi connectivity index (χ0v) is 39.2. The van der Waals surface area contributed by atoms with Crippen molar-refractivity contribution >= 4 is 23.8 Å². The molecule has 8 aromatic heterocycles. The molecular weight excluding hydrogens is 1070 g/mol. The molecule has 0 atom stereocenters. The van der Waals surface area contributed by atoms with Crippen LogP contribution in [0.3, 0.4) is 0 Å². The number of nitrogens with one attached hydrogen (secondary N) is 4. The van der Waals surface area contributed by atoms with Crippen LogP contribution in [0.5, 0.6) is 0 Å². The second-order valence-corrected chi connectivity index (χ2v) is 12.4. The van der Waals surface area contributed by atoms with Crippen LogP contribution >= 0.6 is 0 Å². The van der Waals surface area contributed by atoms with E-state index < -0.39 is 20.3 Å². The van der Waals surface area contributed by atoms with E-state index in [4.69, 9.17) is 71.3 Å². The second-order valence-electron chi connectivity index (χ2n) is 12.4. The van der Waals surface area contributed by atoms with E-state index in [1.165, 1.54) is 0 Å². The van der Waals surface area contributed by atoms with Crippen LogP contribution in [-0.4, -0.2) is 79.1 Å². The minimum absolute atomic E-state index is 0. The predicted octanol–water partition coefficient (Wildman–Crippen LogP) is 3.50. The topological polar surface area (TPSA) is 514 Å². The van der Waals surface area contributed by atoms with Gasteiger partial charge in [0.25, 0.3) is 0 Å². The second kappa shape index (κ2) is 37.4. The van der Waals surface area contributed by atoms with Crippen LogP contribution in [0, 0.1) is 61.3 Å². The summed E-state index contributed by atoms with van der Waals surface area (Å²) in [6.45, 7) is 0. The SMILES string of the molecule is C(=N\Nc1cc(-c2ccccn2)nc(-c2ccccn2)c1)/c1cc[nH+]cc1.C(=N\Nc1cc(-c2ccccn2)nc(-c2ccccn2)c1)/c1cc[nH+]cc1.O.O.O.O=[N+]([O-])[O-].O=[N+]([O-])[O-].O=[N+]([O-])[O-].O=[N+]([O-])[O-].[Ru+2]. The Morgan fingerprint density at radius 2 is 0.622 bits per heavy atom. The van der Waals surface area contributed by atoms with Crippen LogP contribution < -0.4 is 20.8 Å². The molecule has 386 valence electrons. The van der Waals surface area contributed by atoms with Crippen molar-refractivity contribution in [3.63, 3.8) is 0 Å². The first kappa shape index (κ1) is 65.5. The summed E-state index contributed by atoms with van der Waals surface area (Å²) in [4.78, 5) is 66.0. The van der Waals surface area contributed by atoms with Crippen LogP contribution in [0.25, 0.3) is 45.6 Å². The molecule has 8 aromatic rings. The number of rotatable bonds is 10. The van der Waals surface area contributed by atoms with Crippen LogP contribution in [0.4, 0.5) is 11.4 Å². The molecule has 31 nitrogen and oxygen atoms in total. The van der Waals surface area contributed by atoms with E-state index in [1.807, 2.05) is 146 Å². The first-order chi connectivity index (χ1) is 33.7. The molecule has 0 saturated heterocycles. The summed E-state index contributed by atoms with van der Waals surface area (Å²) in [5.74, 6) is 0. The number of pyridine rings is 8. The maximum absolute atomic E-state index is 8.25. The van der Waals surface area contributed by atoms with Crippen LogP contribution in [0.15, 0.2) is 181 Å². The van der Waals surface area contributed by atoms with Gasteiger partial charge < -0.3 is 77.7 Å². The molecule has 0 spiro atoms. The molecular formula is C42H40N16O15Ru. The van der Waals surface area contributed by atoms with Crippen molar-refractivity contribution in [3.8, 4) is 45.6 Å². The van der Waals surface area contributed by atoms with E-state index in [0.29, 0.717) is 0 Å². The third kappa shape index (κ3) is 28.1. The average molecular weight is 1110 g/mol. The number of H-pyrrole nitrogens is 2. The Morgan fingerprint density at radius 1 is 0.392 bits per heavy atom. The third-order valence-electron chi connectivity index (χ3n) is 7.66. The molecule has 74 heavy (non-hydrogen) atoms. The maximum Gasteiger partial charge on any atom is 2.00 e. The quantitative estimate of drug-likeness (QED) is 0.0856. The van der Waals surface area contributed by atoms with Crippen molar-refractivity contribution < 1.29 is 66.2 Å². The van der Waals surface area contributed by atoms with Gasteiger partial charge >= 0.3 is 19.5 Å². The van der Waals surface area contributed by atoms with E-state index >= 15 is 0 Å². The van der Waals surface area contributed by atoms with Crippen LogP contribution in [0.1, 0.15) is 11.1 Å². The smallest absolute Gasteiger partial charge is 0.412 e. The number of nitrogens with zero attached hydrogens (tertiary/aromatic N) is 12. The summed E-state index contributed by atoms with van der Waals surface area (Å²) in [6.07, 6.45) is 17.9. The van der Waals surface area contributed by atoms with E-state index in [9.17, 15) is 0 Å².